The van der Waals surface area contributed by atoms with Gasteiger partial charge in [0.2, 0.25) is 5.91 Å². The maximum absolute atomic E-state index is 15.1. The number of carbonyl (C=O) groups is 2. The Bertz CT molecular complexity index is 2450. The van der Waals surface area contributed by atoms with Gasteiger partial charge in [0.15, 0.2) is 0 Å². The highest BCUT2D eigenvalue weighted by atomic mass is 35.5. The smallest absolute Gasteiger partial charge is 0.272 e. The zero-order chi connectivity index (χ0) is 40.5. The van der Waals surface area contributed by atoms with Crippen LogP contribution in [0.3, 0.4) is 0 Å². The molecule has 3 heterocycles. The number of carbonyl (C=O) groups excluding carboxylic acids is 2. The third-order valence-electron chi connectivity index (χ3n) is 11.8. The molecule has 2 amide bonds. The number of fused-ring (bicyclic) bond motifs is 1. The fourth-order valence-electron chi connectivity index (χ4n) is 8.65. The maximum atomic E-state index is 15.1. The summed E-state index contributed by atoms with van der Waals surface area (Å²) in [5.74, 6) is -0.345. The normalized spacial score (nSPS) is 15.8. The van der Waals surface area contributed by atoms with Gasteiger partial charge in [-0.25, -0.2) is 4.98 Å². The van der Waals surface area contributed by atoms with Gasteiger partial charge in [-0.05, 0) is 67.3 Å². The highest BCUT2D eigenvalue weighted by molar-refractivity contribution is 6.35. The molecule has 0 bridgehead atoms. The monoisotopic (exact) mass is 835 g/mol. The molecule has 1 saturated carbocycles. The molecule has 12 heteroatoms. The van der Waals surface area contributed by atoms with Crippen LogP contribution < -0.4 is 10.2 Å². The fourth-order valence-corrected chi connectivity index (χ4v) is 9.38. The van der Waals surface area contributed by atoms with E-state index in [9.17, 15) is 4.79 Å². The van der Waals surface area contributed by atoms with Gasteiger partial charge >= 0.3 is 0 Å². The van der Waals surface area contributed by atoms with Gasteiger partial charge in [0, 0.05) is 83.4 Å². The number of halogens is 3. The highest BCUT2D eigenvalue weighted by Crippen LogP contribution is 2.43. The molecular weight excluding hydrogens is 789 g/mol. The molecule has 0 unspecified atom stereocenters. The van der Waals surface area contributed by atoms with Crippen LogP contribution in [0.5, 0.6) is 0 Å². The summed E-state index contributed by atoms with van der Waals surface area (Å²) < 4.78 is 2.07. The number of amides is 2. The Kier molecular flexibility index (Phi) is 11.9. The third-order valence-corrected chi connectivity index (χ3v) is 12.6. The Morgan fingerprint density at radius 3 is 2.33 bits per heavy atom. The second-order valence-corrected chi connectivity index (χ2v) is 17.0. The van der Waals surface area contributed by atoms with Crippen LogP contribution in [0.2, 0.25) is 15.1 Å². The molecule has 300 valence electrons. The molecule has 4 aromatic carbocycles. The molecule has 9 nitrogen and oxygen atoms in total. The Morgan fingerprint density at radius 2 is 1.60 bits per heavy atom. The number of anilines is 2. The van der Waals surface area contributed by atoms with Crippen molar-refractivity contribution in [1.29, 1.82) is 0 Å². The van der Waals surface area contributed by atoms with E-state index in [1.165, 1.54) is 32.1 Å². The molecule has 6 aromatic rings. The number of likely N-dealkylation sites (N-methyl/N-ethyl adjacent to an activating group) is 1. The van der Waals surface area contributed by atoms with Gasteiger partial charge in [0.05, 0.1) is 41.6 Å². The minimum absolute atomic E-state index is 0.0162. The van der Waals surface area contributed by atoms with E-state index in [1.54, 1.807) is 31.4 Å². The molecule has 2 fully saturated rings. The standard InChI is InChI=1S/C46H48Cl3N7O2/c1-29(35-17-15-32(47)26-37(35)49)56-28-50-43(31-10-6-4-7-11-31)45(56)42-36-18-16-33(48)27-38(36)51-44(42)46(58)52-39-24-30(25-41(57)53(2)3)14-19-40(39)55-22-20-54(21-23-55)34-12-8-5-9-13-34/h4,6-7,10-11,14-19,24,26-29,34,51H,5,8-9,12-13,20-23,25H2,1-3H3,(H,52,58)/t29-/m0/s1. The van der Waals surface area contributed by atoms with E-state index < -0.39 is 0 Å². The van der Waals surface area contributed by atoms with Gasteiger partial charge in [0.25, 0.3) is 5.91 Å². The molecule has 1 saturated heterocycles. The van der Waals surface area contributed by atoms with Crippen LogP contribution in [0.4, 0.5) is 11.4 Å². The van der Waals surface area contributed by atoms with Gasteiger partial charge in [-0.2, -0.15) is 0 Å². The lowest BCUT2D eigenvalue weighted by atomic mass is 9.94. The van der Waals surface area contributed by atoms with E-state index in [2.05, 4.69) is 37.7 Å². The summed E-state index contributed by atoms with van der Waals surface area (Å²) in [5, 5.41) is 5.76. The number of rotatable bonds is 10. The summed E-state index contributed by atoms with van der Waals surface area (Å²) in [6.45, 7) is 5.68. The van der Waals surface area contributed by atoms with Gasteiger partial charge in [-0.1, -0.05) is 103 Å². The predicted molar refractivity (Wildman–Crippen MR) is 238 cm³/mol. The molecule has 2 aromatic heterocycles. The zero-order valence-electron chi connectivity index (χ0n) is 33.1. The largest absolute Gasteiger partial charge is 0.367 e. The minimum Gasteiger partial charge on any atom is -0.367 e. The second-order valence-electron chi connectivity index (χ2n) is 15.7. The first-order chi connectivity index (χ1) is 28.0. The third kappa shape index (κ3) is 8.23. The van der Waals surface area contributed by atoms with Crippen LogP contribution in [0, 0.1) is 0 Å². The summed E-state index contributed by atoms with van der Waals surface area (Å²) >= 11 is 19.7. The second kappa shape index (κ2) is 17.2. The minimum atomic E-state index is -0.329. The summed E-state index contributed by atoms with van der Waals surface area (Å²) in [4.78, 5) is 43.0. The molecule has 0 spiro atoms. The van der Waals surface area contributed by atoms with Crippen LogP contribution in [-0.4, -0.2) is 82.5 Å². The number of aromatic nitrogens is 3. The lowest BCUT2D eigenvalue weighted by molar-refractivity contribution is -0.127. The number of hydrogen-bond donors (Lipinski definition) is 2. The quantitative estimate of drug-likeness (QED) is 0.143. The SMILES string of the molecule is C[C@@H](c1ccc(Cl)cc1Cl)n1cnc(-c2ccccc2)c1-c1c(C(=O)Nc2cc(CC(=O)N(C)C)ccc2N2CCN(C3CCCCC3)CC2)[nH]c2cc(Cl)ccc12. The van der Waals surface area contributed by atoms with E-state index in [-0.39, 0.29) is 24.3 Å². The Balaban J connectivity index is 1.23. The topological polar surface area (TPSA) is 89.5 Å². The van der Waals surface area contributed by atoms with Crippen molar-refractivity contribution in [3.05, 3.63) is 123 Å². The summed E-state index contributed by atoms with van der Waals surface area (Å²) in [6, 6.07) is 27.4. The van der Waals surface area contributed by atoms with Crippen molar-refractivity contribution >= 4 is 68.9 Å². The van der Waals surface area contributed by atoms with Gasteiger partial charge in [0.1, 0.15) is 5.69 Å². The predicted octanol–water partition coefficient (Wildman–Crippen LogP) is 10.6. The van der Waals surface area contributed by atoms with E-state index in [0.717, 1.165) is 59.6 Å². The number of hydrogen-bond acceptors (Lipinski definition) is 5. The number of aromatic amines is 1. The lowest BCUT2D eigenvalue weighted by Crippen LogP contribution is -2.51. The van der Waals surface area contributed by atoms with Crippen molar-refractivity contribution < 1.29 is 9.59 Å². The number of piperazine rings is 1. The Hall–Kier alpha value is -4.80. The summed E-state index contributed by atoms with van der Waals surface area (Å²) in [6.07, 6.45) is 8.50. The van der Waals surface area contributed by atoms with E-state index in [0.29, 0.717) is 49.3 Å². The maximum Gasteiger partial charge on any atom is 0.272 e. The first kappa shape index (κ1) is 40.0. The number of benzene rings is 4. The van der Waals surface area contributed by atoms with Gasteiger partial charge < -0.3 is 24.7 Å². The van der Waals surface area contributed by atoms with E-state index >= 15 is 4.79 Å². The Labute approximate surface area is 354 Å². The average molecular weight is 837 g/mol. The van der Waals surface area contributed by atoms with Crippen molar-refractivity contribution in [2.75, 3.05) is 50.5 Å². The lowest BCUT2D eigenvalue weighted by Gasteiger charge is -2.42. The van der Waals surface area contributed by atoms with Crippen LogP contribution >= 0.6 is 34.8 Å². The van der Waals surface area contributed by atoms with Crippen molar-refractivity contribution in [1.82, 2.24) is 24.3 Å². The number of imidazole rings is 1. The van der Waals surface area contributed by atoms with Crippen LogP contribution in [0.15, 0.2) is 91.3 Å². The number of nitrogens with one attached hydrogen (secondary N) is 2. The van der Waals surface area contributed by atoms with E-state index in [1.807, 2.05) is 72.8 Å². The van der Waals surface area contributed by atoms with Crippen molar-refractivity contribution in [2.24, 2.45) is 0 Å². The molecule has 0 radical (unpaired) electrons. The van der Waals surface area contributed by atoms with Gasteiger partial charge in [-0.3, -0.25) is 14.5 Å². The molecule has 2 N–H and O–H groups in total. The van der Waals surface area contributed by atoms with Crippen molar-refractivity contribution in [3.8, 4) is 22.5 Å². The van der Waals surface area contributed by atoms with Crippen LogP contribution in [0.25, 0.3) is 33.4 Å². The highest BCUT2D eigenvalue weighted by Gasteiger charge is 2.30. The van der Waals surface area contributed by atoms with E-state index in [4.69, 9.17) is 39.8 Å². The average Bonchev–Trinajstić information content (AvgIpc) is 3.83. The number of H-pyrrole nitrogens is 1. The fraction of sp³-hybridized carbons (Fsp3) is 0.326. The molecule has 1 aliphatic heterocycles. The first-order valence-corrected chi connectivity index (χ1v) is 21.2. The molecule has 2 aliphatic rings. The molecule has 1 aliphatic carbocycles. The molecule has 1 atom stereocenters. The molecular formula is C46H48Cl3N7O2. The van der Waals surface area contributed by atoms with Crippen molar-refractivity contribution in [3.63, 3.8) is 0 Å². The zero-order valence-corrected chi connectivity index (χ0v) is 35.3. The first-order valence-electron chi connectivity index (χ1n) is 20.1. The molecule has 8 rings (SSSR count). The molecule has 58 heavy (non-hydrogen) atoms. The van der Waals surface area contributed by atoms with Crippen molar-refractivity contribution in [2.45, 2.75) is 57.5 Å². The Morgan fingerprint density at radius 1 is 0.879 bits per heavy atom. The summed E-state index contributed by atoms with van der Waals surface area (Å²) in [5.41, 5.74) is 7.36. The number of nitrogens with zero attached hydrogens (tertiary/aromatic N) is 5. The van der Waals surface area contributed by atoms with Crippen LogP contribution in [-0.2, 0) is 11.2 Å². The van der Waals surface area contributed by atoms with Crippen LogP contribution in [0.1, 0.15) is 66.7 Å². The summed E-state index contributed by atoms with van der Waals surface area (Å²) in [7, 11) is 3.51. The van der Waals surface area contributed by atoms with Gasteiger partial charge in [-0.15, -0.1) is 0 Å².